The molecule has 0 bridgehead atoms. The van der Waals surface area contributed by atoms with Gasteiger partial charge in [-0.3, -0.25) is 0 Å². The van der Waals surface area contributed by atoms with E-state index in [2.05, 4.69) is 44.2 Å². The SMILES string of the molecule is CC(C)c1ccc(Sc2ccc(N)c(CC#N)c2)cc1. The van der Waals surface area contributed by atoms with Gasteiger partial charge in [0.25, 0.3) is 0 Å². The lowest BCUT2D eigenvalue weighted by atomic mass is 10.0. The number of nitriles is 1. The van der Waals surface area contributed by atoms with Crippen LogP contribution >= 0.6 is 11.8 Å². The van der Waals surface area contributed by atoms with Crippen molar-refractivity contribution in [2.45, 2.75) is 36.0 Å². The summed E-state index contributed by atoms with van der Waals surface area (Å²) in [6.45, 7) is 4.38. The Hall–Kier alpha value is -1.92. The zero-order valence-corrected chi connectivity index (χ0v) is 12.6. The van der Waals surface area contributed by atoms with Crippen molar-refractivity contribution in [3.8, 4) is 6.07 Å². The van der Waals surface area contributed by atoms with Crippen molar-refractivity contribution in [1.82, 2.24) is 0 Å². The van der Waals surface area contributed by atoms with E-state index in [1.807, 2.05) is 18.2 Å². The predicted molar refractivity (Wildman–Crippen MR) is 84.8 cm³/mol. The van der Waals surface area contributed by atoms with Gasteiger partial charge in [-0.15, -0.1) is 0 Å². The first-order valence-electron chi connectivity index (χ1n) is 6.63. The highest BCUT2D eigenvalue weighted by Crippen LogP contribution is 2.31. The molecule has 0 saturated heterocycles. The minimum absolute atomic E-state index is 0.354. The van der Waals surface area contributed by atoms with Gasteiger partial charge in [0.1, 0.15) is 0 Å². The molecule has 0 unspecified atom stereocenters. The minimum Gasteiger partial charge on any atom is -0.398 e. The fourth-order valence-electron chi connectivity index (χ4n) is 1.94. The zero-order valence-electron chi connectivity index (χ0n) is 11.8. The summed E-state index contributed by atoms with van der Waals surface area (Å²) in [5.74, 6) is 0.549. The molecule has 20 heavy (non-hydrogen) atoms. The van der Waals surface area contributed by atoms with Crippen molar-refractivity contribution >= 4 is 17.4 Å². The molecule has 0 aliphatic carbocycles. The molecule has 0 saturated carbocycles. The van der Waals surface area contributed by atoms with Crippen LogP contribution in [0.5, 0.6) is 0 Å². The Morgan fingerprint density at radius 2 is 1.75 bits per heavy atom. The van der Waals surface area contributed by atoms with Crippen LogP contribution in [0.2, 0.25) is 0 Å². The lowest BCUT2D eigenvalue weighted by molar-refractivity contribution is 0.865. The summed E-state index contributed by atoms with van der Waals surface area (Å²) in [6, 6.07) is 16.6. The summed E-state index contributed by atoms with van der Waals surface area (Å²) in [5.41, 5.74) is 8.79. The second-order valence-electron chi connectivity index (χ2n) is 5.02. The van der Waals surface area contributed by atoms with Crippen molar-refractivity contribution in [2.24, 2.45) is 0 Å². The van der Waals surface area contributed by atoms with Crippen LogP contribution in [0.1, 0.15) is 30.9 Å². The largest absolute Gasteiger partial charge is 0.398 e. The highest BCUT2D eigenvalue weighted by atomic mass is 32.2. The number of anilines is 1. The van der Waals surface area contributed by atoms with E-state index in [4.69, 9.17) is 11.0 Å². The number of hydrogen-bond donors (Lipinski definition) is 1. The van der Waals surface area contributed by atoms with E-state index < -0.39 is 0 Å². The highest BCUT2D eigenvalue weighted by Gasteiger charge is 2.04. The number of nitrogens with zero attached hydrogens (tertiary/aromatic N) is 1. The molecule has 2 nitrogen and oxygen atoms in total. The molecule has 102 valence electrons. The van der Waals surface area contributed by atoms with Gasteiger partial charge < -0.3 is 5.73 Å². The molecule has 0 aliphatic rings. The molecule has 0 heterocycles. The zero-order chi connectivity index (χ0) is 14.5. The third-order valence-corrected chi connectivity index (χ3v) is 4.16. The second kappa shape index (κ2) is 6.49. The van der Waals surface area contributed by atoms with E-state index in [1.54, 1.807) is 11.8 Å². The van der Waals surface area contributed by atoms with E-state index >= 15 is 0 Å². The van der Waals surface area contributed by atoms with Crippen molar-refractivity contribution < 1.29 is 0 Å². The predicted octanol–water partition coefficient (Wildman–Crippen LogP) is 4.61. The Labute approximate surface area is 124 Å². The Morgan fingerprint density at radius 1 is 1.10 bits per heavy atom. The molecule has 2 rings (SSSR count). The third-order valence-electron chi connectivity index (χ3n) is 3.17. The third kappa shape index (κ3) is 3.55. The molecular formula is C17H18N2S. The molecule has 0 fully saturated rings. The number of nitrogens with two attached hydrogens (primary N) is 1. The van der Waals surface area contributed by atoms with Gasteiger partial charge in [0, 0.05) is 15.5 Å². The van der Waals surface area contributed by atoms with Gasteiger partial charge in [0.05, 0.1) is 12.5 Å². The van der Waals surface area contributed by atoms with Gasteiger partial charge in [-0.2, -0.15) is 5.26 Å². The Morgan fingerprint density at radius 3 is 2.35 bits per heavy atom. The number of benzene rings is 2. The van der Waals surface area contributed by atoms with Crippen LogP contribution in [0.4, 0.5) is 5.69 Å². The van der Waals surface area contributed by atoms with Crippen molar-refractivity contribution in [2.75, 3.05) is 5.73 Å². The van der Waals surface area contributed by atoms with Crippen molar-refractivity contribution in [1.29, 1.82) is 5.26 Å². The highest BCUT2D eigenvalue weighted by molar-refractivity contribution is 7.99. The first-order valence-corrected chi connectivity index (χ1v) is 7.45. The number of nitrogen functional groups attached to an aromatic ring is 1. The van der Waals surface area contributed by atoms with Gasteiger partial charge in [-0.05, 0) is 47.4 Å². The molecule has 0 spiro atoms. The van der Waals surface area contributed by atoms with E-state index in [0.29, 0.717) is 18.0 Å². The molecule has 0 aromatic heterocycles. The summed E-state index contributed by atoms with van der Waals surface area (Å²) >= 11 is 1.69. The summed E-state index contributed by atoms with van der Waals surface area (Å²) in [6.07, 6.45) is 0.354. The molecule has 0 aliphatic heterocycles. The van der Waals surface area contributed by atoms with Crippen molar-refractivity contribution in [3.05, 3.63) is 53.6 Å². The fourth-order valence-corrected chi connectivity index (χ4v) is 2.82. The molecule has 2 aromatic rings. The molecule has 0 amide bonds. The first kappa shape index (κ1) is 14.5. The monoisotopic (exact) mass is 282 g/mol. The van der Waals surface area contributed by atoms with Crippen LogP contribution in [0.25, 0.3) is 0 Å². The van der Waals surface area contributed by atoms with Gasteiger partial charge in [-0.25, -0.2) is 0 Å². The average Bonchev–Trinajstić information content (AvgIpc) is 2.43. The first-order chi connectivity index (χ1) is 9.60. The molecular weight excluding hydrogens is 264 g/mol. The van der Waals surface area contributed by atoms with Crippen LogP contribution in [-0.2, 0) is 6.42 Å². The molecule has 0 radical (unpaired) electrons. The quantitative estimate of drug-likeness (QED) is 0.833. The van der Waals surface area contributed by atoms with Gasteiger partial charge in [0.2, 0.25) is 0 Å². The molecule has 2 N–H and O–H groups in total. The standard InChI is InChI=1S/C17H18N2S/c1-12(2)13-3-5-15(6-4-13)20-16-7-8-17(19)14(11-16)9-10-18/h3-8,11-12H,9,19H2,1-2H3. The lowest BCUT2D eigenvalue weighted by Gasteiger charge is -2.08. The number of hydrogen-bond acceptors (Lipinski definition) is 3. The summed E-state index contributed by atoms with van der Waals surface area (Å²) in [7, 11) is 0. The fraction of sp³-hybridized carbons (Fsp3) is 0.235. The second-order valence-corrected chi connectivity index (χ2v) is 6.17. The lowest BCUT2D eigenvalue weighted by Crippen LogP contribution is -1.93. The van der Waals surface area contributed by atoms with E-state index in [1.165, 1.54) is 10.5 Å². The van der Waals surface area contributed by atoms with Crippen LogP contribution in [0, 0.1) is 11.3 Å². The van der Waals surface area contributed by atoms with E-state index in [0.717, 1.165) is 10.5 Å². The maximum absolute atomic E-state index is 8.79. The Kier molecular flexibility index (Phi) is 4.70. The van der Waals surface area contributed by atoms with Crippen LogP contribution in [0.15, 0.2) is 52.3 Å². The Balaban J connectivity index is 2.17. The normalized spacial score (nSPS) is 10.5. The molecule has 0 atom stereocenters. The Bertz CT molecular complexity index is 624. The summed E-state index contributed by atoms with van der Waals surface area (Å²) in [5, 5.41) is 8.79. The number of rotatable bonds is 4. The average molecular weight is 282 g/mol. The van der Waals surface area contributed by atoms with E-state index in [9.17, 15) is 0 Å². The van der Waals surface area contributed by atoms with Gasteiger partial charge >= 0.3 is 0 Å². The maximum atomic E-state index is 8.79. The van der Waals surface area contributed by atoms with E-state index in [-0.39, 0.29) is 0 Å². The van der Waals surface area contributed by atoms with Crippen LogP contribution in [0.3, 0.4) is 0 Å². The summed E-state index contributed by atoms with van der Waals surface area (Å²) in [4.78, 5) is 2.31. The maximum Gasteiger partial charge on any atom is 0.0670 e. The summed E-state index contributed by atoms with van der Waals surface area (Å²) < 4.78 is 0. The molecule has 3 heteroatoms. The minimum atomic E-state index is 0.354. The van der Waals surface area contributed by atoms with Crippen LogP contribution < -0.4 is 5.73 Å². The van der Waals surface area contributed by atoms with Crippen molar-refractivity contribution in [3.63, 3.8) is 0 Å². The van der Waals surface area contributed by atoms with Gasteiger partial charge in [0.15, 0.2) is 0 Å². The van der Waals surface area contributed by atoms with Crippen LogP contribution in [-0.4, -0.2) is 0 Å². The smallest absolute Gasteiger partial charge is 0.0670 e. The topological polar surface area (TPSA) is 49.8 Å². The van der Waals surface area contributed by atoms with Gasteiger partial charge in [-0.1, -0.05) is 37.7 Å². The molecule has 2 aromatic carbocycles.